The van der Waals surface area contributed by atoms with E-state index in [1.165, 1.54) is 65.7 Å². The van der Waals surface area contributed by atoms with Gasteiger partial charge in [0.1, 0.15) is 83.8 Å². The Morgan fingerprint density at radius 1 is 0.593 bits per heavy atom. The van der Waals surface area contributed by atoms with Crippen molar-refractivity contribution in [2.75, 3.05) is 78.6 Å². The summed E-state index contributed by atoms with van der Waals surface area (Å²) in [5.41, 5.74) is 7.00. The van der Waals surface area contributed by atoms with E-state index in [0.717, 1.165) is 25.7 Å². The molecule has 37 heteroatoms. The van der Waals surface area contributed by atoms with E-state index in [4.69, 9.17) is 39.8 Å². The van der Waals surface area contributed by atoms with Crippen molar-refractivity contribution >= 4 is 117 Å². The predicted molar refractivity (Wildman–Crippen MR) is 406 cm³/mol. The van der Waals surface area contributed by atoms with Crippen molar-refractivity contribution in [2.45, 2.75) is 209 Å². The van der Waals surface area contributed by atoms with E-state index in [9.17, 15) is 62.3 Å². The van der Waals surface area contributed by atoms with Crippen molar-refractivity contribution in [1.29, 1.82) is 0 Å². The molecule has 1 aromatic rings. The van der Waals surface area contributed by atoms with Crippen molar-refractivity contribution in [2.24, 2.45) is 41.2 Å². The second-order valence-corrected chi connectivity index (χ2v) is 31.5. The Labute approximate surface area is 654 Å². The van der Waals surface area contributed by atoms with Gasteiger partial charge < -0.3 is 96.1 Å². The average Bonchev–Trinajstić information content (AvgIpc) is 1.72. The summed E-state index contributed by atoms with van der Waals surface area (Å²) in [6.45, 7) is 21.7. The Kier molecular flexibility index (Phi) is 29.4. The van der Waals surface area contributed by atoms with Crippen LogP contribution in [-0.2, 0) is 86.1 Å². The highest BCUT2D eigenvalue weighted by Crippen LogP contribution is 2.38. The third-order valence-electron chi connectivity index (χ3n) is 20.9. The second-order valence-electron chi connectivity index (χ2n) is 31.5. The van der Waals surface area contributed by atoms with Crippen LogP contribution in [0.2, 0.25) is 0 Å². The van der Waals surface area contributed by atoms with Crippen molar-refractivity contribution in [1.82, 2.24) is 61.0 Å². The molecule has 0 radical (unpaired) electrons. The lowest BCUT2D eigenvalue weighted by Crippen LogP contribution is -2.61. The quantitative estimate of drug-likeness (QED) is 0.0356. The van der Waals surface area contributed by atoms with Crippen LogP contribution in [0.3, 0.4) is 0 Å². The van der Waals surface area contributed by atoms with Gasteiger partial charge in [-0.2, -0.15) is 0 Å². The minimum Gasteiger partial charge on any atom is -0.458 e. The summed E-state index contributed by atoms with van der Waals surface area (Å²) in [6, 6.07) is -13.1. The number of esters is 4. The zero-order valence-electron chi connectivity index (χ0n) is 67.8. The average molecular weight is 1580 g/mol. The number of nitrogens with zero attached hydrogens (tertiary/aromatic N) is 7. The van der Waals surface area contributed by atoms with E-state index < -0.39 is 268 Å². The number of fused-ring (bicyclic) bond motifs is 4. The van der Waals surface area contributed by atoms with Gasteiger partial charge in [0, 0.05) is 58.1 Å². The summed E-state index contributed by atoms with van der Waals surface area (Å²) in [6.07, 6.45) is -2.23. The van der Waals surface area contributed by atoms with Gasteiger partial charge in [-0.25, -0.2) is 19.4 Å². The molecular formula is C76H109N15O22. The summed E-state index contributed by atoms with van der Waals surface area (Å²) < 4.78 is 29.0. The molecule has 4 saturated heterocycles. The molecule has 12 atom stereocenters. The maximum absolute atomic E-state index is 15.9. The Hall–Kier alpha value is -10.9. The fourth-order valence-corrected chi connectivity index (χ4v) is 14.1. The molecule has 12 amide bonds. The molecule has 5 aliphatic heterocycles. The summed E-state index contributed by atoms with van der Waals surface area (Å²) in [5, 5.41) is 15.5. The van der Waals surface area contributed by atoms with Crippen molar-refractivity contribution in [3.63, 3.8) is 0 Å². The molecule has 620 valence electrons. The number of carbonyl (C=O) groups excluding carboxylic acids is 16. The van der Waals surface area contributed by atoms with Crippen LogP contribution in [0, 0.1) is 49.4 Å². The number of nitrogen functional groups attached to an aromatic ring is 1. The SMILES string of the molecule is Cc1c2oc3c(C)c(NC(=O)COC(=O)C(NC(=O)COC(=O)C(N)C(C)C)C(C)C)cc(C(=O)NC4C(=O)NC(C(C)C)C(=O)N5CCCC5C(=O)N(C)CC(=O)N(C)C(C(C)C)C(=O)OC4C)c3nc-2c(C(=O)NC2C(=O)NC(C(C)C)C(=O)N3CCCC3C(=O)N(C)CC(=O)N(C)C(C(C)C)C(=O)OC2C)c(N)c1=O. The number of hydrogen-bond acceptors (Lipinski definition) is 25. The van der Waals surface area contributed by atoms with Gasteiger partial charge in [-0.15, -0.1) is 0 Å². The molecule has 1 aromatic carbocycles. The molecule has 4 fully saturated rings. The van der Waals surface area contributed by atoms with Crippen LogP contribution >= 0.6 is 0 Å². The lowest BCUT2D eigenvalue weighted by molar-refractivity contribution is -0.163. The van der Waals surface area contributed by atoms with Gasteiger partial charge >= 0.3 is 23.9 Å². The third kappa shape index (κ3) is 20.0. The highest BCUT2D eigenvalue weighted by atomic mass is 16.6. The number of aromatic nitrogens is 1. The number of likely N-dealkylation sites (N-methyl/N-ethyl adjacent to an activating group) is 4. The minimum atomic E-state index is -2.02. The predicted octanol–water partition coefficient (Wildman–Crippen LogP) is -0.125. The third-order valence-corrected chi connectivity index (χ3v) is 20.9. The molecule has 0 bridgehead atoms. The monoisotopic (exact) mass is 1580 g/mol. The molecule has 12 unspecified atom stereocenters. The summed E-state index contributed by atoms with van der Waals surface area (Å²) in [7, 11) is 5.42. The van der Waals surface area contributed by atoms with Crippen molar-refractivity contribution in [3.8, 4) is 11.5 Å². The number of rotatable bonds is 18. The molecule has 10 N–H and O–H groups in total. The van der Waals surface area contributed by atoms with E-state index in [0.29, 0.717) is 12.8 Å². The Morgan fingerprint density at radius 2 is 1.04 bits per heavy atom. The van der Waals surface area contributed by atoms with E-state index in [1.54, 1.807) is 83.1 Å². The number of hydrogen-bond donors (Lipinski definition) is 8. The van der Waals surface area contributed by atoms with Gasteiger partial charge in [-0.1, -0.05) is 83.1 Å². The van der Waals surface area contributed by atoms with E-state index in [-0.39, 0.29) is 48.7 Å². The van der Waals surface area contributed by atoms with E-state index in [1.807, 2.05) is 0 Å². The molecule has 113 heavy (non-hydrogen) atoms. The van der Waals surface area contributed by atoms with Gasteiger partial charge in [-0.3, -0.25) is 67.1 Å². The molecule has 1 aliphatic carbocycles. The van der Waals surface area contributed by atoms with Crippen LogP contribution in [-0.4, -0.2) is 269 Å². The standard InChI is InChI=1S/C76H109N15O22/c1-32(2)51(77)73(105)109-31-47(93)80-55(35(7)8)74(106)110-30-46(92)79-43-27-42(65(97)84-56-40(15)111-75(107)60(36(9)10)88(19)48(94)28-86(17)69(101)44-23-21-25-90(44)71(103)53(33(3)4)82-67(56)99)58-63(38(43)13)113-64-39(14)62(96)52(78)50(59(64)81-58)66(98)85-57-41(16)112-76(108)61(37(11)12)89(20)49(95)29-87(18)70(102)45-24-22-26-91(45)72(104)54(34(5)6)83-68(57)100/h27,32-37,40-41,44-45,51,53-57,60-61H,21-26,28-31,77-78H2,1-20H3,(H,79,92)(H,80,93)(H,82,99)(H,83,100)(H,84,97)(H,85,98). The van der Waals surface area contributed by atoms with Gasteiger partial charge in [0.2, 0.25) is 52.7 Å². The van der Waals surface area contributed by atoms with Gasteiger partial charge in [0.25, 0.3) is 23.6 Å². The Bertz CT molecular complexity index is 4270. The first kappa shape index (κ1) is 89.3. The van der Waals surface area contributed by atoms with Crippen molar-refractivity contribution < 1.29 is 100 Å². The summed E-state index contributed by atoms with van der Waals surface area (Å²) in [5.74, 6) is -19.2. The molecule has 7 rings (SSSR count). The van der Waals surface area contributed by atoms with Gasteiger partial charge in [-0.05, 0) is 95.0 Å². The van der Waals surface area contributed by atoms with Crippen molar-refractivity contribution in [3.05, 3.63) is 38.5 Å². The Balaban J connectivity index is 1.40. The number of ether oxygens (including phenoxy) is 4. The highest BCUT2D eigenvalue weighted by molar-refractivity contribution is 6.12. The smallest absolute Gasteiger partial charge is 0.329 e. The van der Waals surface area contributed by atoms with Crippen LogP contribution in [0.25, 0.3) is 22.6 Å². The normalized spacial score (nSPS) is 23.7. The number of amides is 12. The van der Waals surface area contributed by atoms with Crippen LogP contribution < -0.4 is 48.8 Å². The van der Waals surface area contributed by atoms with Crippen LogP contribution in [0.1, 0.15) is 154 Å². The molecule has 6 aliphatic rings. The zero-order chi connectivity index (χ0) is 84.7. The van der Waals surface area contributed by atoms with Crippen LogP contribution in [0.15, 0.2) is 15.3 Å². The maximum atomic E-state index is 15.9. The number of cyclic esters (lactones) is 2. The minimum absolute atomic E-state index is 0.0815. The Morgan fingerprint density at radius 3 is 1.47 bits per heavy atom. The van der Waals surface area contributed by atoms with Crippen LogP contribution in [0.4, 0.5) is 11.4 Å². The first-order valence-electron chi connectivity index (χ1n) is 37.9. The lowest BCUT2D eigenvalue weighted by Gasteiger charge is -2.36. The first-order chi connectivity index (χ1) is 52.7. The number of nitrogens with two attached hydrogens (primary N) is 2. The molecule has 5 heterocycles. The summed E-state index contributed by atoms with van der Waals surface area (Å²) in [4.78, 5) is 257. The molecule has 0 aromatic heterocycles. The second kappa shape index (κ2) is 37.2. The first-order valence-corrected chi connectivity index (χ1v) is 37.9. The molecule has 0 spiro atoms. The fraction of sp³-hybridized carbons (Fsp3) is 0.632. The molecule has 0 saturated carbocycles. The number of anilines is 2. The number of benzene rings is 2. The van der Waals surface area contributed by atoms with E-state index >= 15 is 19.2 Å². The van der Waals surface area contributed by atoms with Gasteiger partial charge in [0.15, 0.2) is 24.6 Å². The van der Waals surface area contributed by atoms with E-state index in [2.05, 4.69) is 31.9 Å². The largest absolute Gasteiger partial charge is 0.458 e. The number of aryl methyl sites for hydroxylation is 1. The molecule has 37 nitrogen and oxygen atoms in total. The van der Waals surface area contributed by atoms with Gasteiger partial charge in [0.05, 0.1) is 29.9 Å². The molecular weight excluding hydrogens is 1470 g/mol. The lowest BCUT2D eigenvalue weighted by atomic mass is 9.98. The van der Waals surface area contributed by atoms with Crippen LogP contribution in [0.5, 0.6) is 0 Å². The number of carbonyl (C=O) groups is 16. The summed E-state index contributed by atoms with van der Waals surface area (Å²) >= 11 is 0. The fourth-order valence-electron chi connectivity index (χ4n) is 14.1. The topological polar surface area (TPSA) is 497 Å². The highest BCUT2D eigenvalue weighted by Gasteiger charge is 2.47. The number of nitrogens with one attached hydrogen (secondary N) is 6. The zero-order valence-corrected chi connectivity index (χ0v) is 67.8. The maximum Gasteiger partial charge on any atom is 0.329 e.